The van der Waals surface area contributed by atoms with Crippen LogP contribution < -0.4 is 5.32 Å². The van der Waals surface area contributed by atoms with Gasteiger partial charge in [-0.15, -0.1) is 0 Å². The largest absolute Gasteiger partial charge is 0.337 e. The number of carbonyl (C=O) groups excluding carboxylic acids is 2. The first-order valence-corrected chi connectivity index (χ1v) is 8.37. The topological polar surface area (TPSA) is 78.4 Å². The van der Waals surface area contributed by atoms with Crippen molar-refractivity contribution >= 4 is 11.9 Å². The van der Waals surface area contributed by atoms with Crippen molar-refractivity contribution in [2.24, 2.45) is 5.41 Å². The molecular weight excluding hydrogens is 306 g/mol. The van der Waals surface area contributed by atoms with Crippen molar-refractivity contribution in [2.75, 3.05) is 27.2 Å². The van der Waals surface area contributed by atoms with Gasteiger partial charge < -0.3 is 15.1 Å². The molecule has 130 valence electrons. The number of hydrogen-bond donors (Lipinski definition) is 1. The van der Waals surface area contributed by atoms with Gasteiger partial charge in [0, 0.05) is 44.5 Å². The van der Waals surface area contributed by atoms with Crippen molar-refractivity contribution in [2.45, 2.75) is 39.2 Å². The molecular formula is C17H25N5O2. The molecule has 1 saturated carbocycles. The van der Waals surface area contributed by atoms with Gasteiger partial charge in [-0.25, -0.2) is 14.8 Å². The monoisotopic (exact) mass is 331 g/mol. The van der Waals surface area contributed by atoms with E-state index >= 15 is 0 Å². The molecule has 0 unspecified atom stereocenters. The van der Waals surface area contributed by atoms with Gasteiger partial charge in [0.15, 0.2) is 0 Å². The Bertz CT molecular complexity index is 667. The van der Waals surface area contributed by atoms with E-state index in [1.165, 1.54) is 6.33 Å². The van der Waals surface area contributed by atoms with Crippen molar-refractivity contribution in [3.8, 4) is 0 Å². The summed E-state index contributed by atoms with van der Waals surface area (Å²) in [5.74, 6) is -0.00403. The average molecular weight is 331 g/mol. The predicted octanol–water partition coefficient (Wildman–Crippen LogP) is 1.36. The van der Waals surface area contributed by atoms with Crippen LogP contribution in [0.2, 0.25) is 0 Å². The van der Waals surface area contributed by atoms with Gasteiger partial charge >= 0.3 is 6.03 Å². The molecule has 1 aliphatic heterocycles. The molecule has 0 atom stereocenters. The fourth-order valence-corrected chi connectivity index (χ4v) is 3.74. The van der Waals surface area contributed by atoms with E-state index in [9.17, 15) is 9.59 Å². The molecule has 1 saturated heterocycles. The Kier molecular flexibility index (Phi) is 4.19. The van der Waals surface area contributed by atoms with Crippen molar-refractivity contribution < 1.29 is 9.59 Å². The number of nitrogens with zero attached hydrogens (tertiary/aromatic N) is 4. The van der Waals surface area contributed by atoms with E-state index in [2.05, 4.69) is 15.3 Å². The Morgan fingerprint density at radius 2 is 2.00 bits per heavy atom. The maximum absolute atomic E-state index is 12.8. The van der Waals surface area contributed by atoms with Crippen LogP contribution in [0, 0.1) is 19.3 Å². The zero-order valence-corrected chi connectivity index (χ0v) is 14.8. The Labute approximate surface area is 142 Å². The van der Waals surface area contributed by atoms with Gasteiger partial charge in [-0.3, -0.25) is 4.79 Å². The second-order valence-corrected chi connectivity index (χ2v) is 7.36. The highest BCUT2D eigenvalue weighted by Gasteiger charge is 2.50. The fraction of sp³-hybridized carbons (Fsp3) is 0.647. The lowest BCUT2D eigenvalue weighted by atomic mass is 9.65. The summed E-state index contributed by atoms with van der Waals surface area (Å²) >= 11 is 0. The van der Waals surface area contributed by atoms with E-state index < -0.39 is 0 Å². The molecule has 3 rings (SSSR count). The number of urea groups is 1. The van der Waals surface area contributed by atoms with Gasteiger partial charge in [-0.2, -0.15) is 0 Å². The summed E-state index contributed by atoms with van der Waals surface area (Å²) < 4.78 is 0. The summed E-state index contributed by atoms with van der Waals surface area (Å²) in [6.07, 6.45) is 4.34. The van der Waals surface area contributed by atoms with E-state index in [-0.39, 0.29) is 23.4 Å². The highest BCUT2D eigenvalue weighted by Crippen LogP contribution is 2.48. The Balaban J connectivity index is 1.60. The van der Waals surface area contributed by atoms with E-state index in [4.69, 9.17) is 0 Å². The standard InChI is InChI=1S/C17H25N5O2/c1-11-12(2)18-10-19-14(11)15(23)22-6-5-17(9-22)7-13(8-17)20-16(24)21(3)4/h10,13H,5-9H2,1-4H3,(H,20,24). The number of amides is 3. The molecule has 0 aromatic carbocycles. The SMILES string of the molecule is Cc1ncnc(C(=O)N2CCC3(CC(NC(=O)N(C)C)C3)C2)c1C. The van der Waals surface area contributed by atoms with Crippen LogP contribution in [0.4, 0.5) is 4.79 Å². The number of rotatable bonds is 2. The highest BCUT2D eigenvalue weighted by molar-refractivity contribution is 5.94. The maximum atomic E-state index is 12.8. The zero-order chi connectivity index (χ0) is 17.5. The van der Waals surface area contributed by atoms with Crippen LogP contribution >= 0.6 is 0 Å². The Morgan fingerprint density at radius 1 is 1.29 bits per heavy atom. The summed E-state index contributed by atoms with van der Waals surface area (Å²) in [5.41, 5.74) is 2.37. The molecule has 1 spiro atoms. The summed E-state index contributed by atoms with van der Waals surface area (Å²) in [4.78, 5) is 36.2. The van der Waals surface area contributed by atoms with Crippen LogP contribution in [0.3, 0.4) is 0 Å². The van der Waals surface area contributed by atoms with Crippen molar-refractivity contribution in [3.63, 3.8) is 0 Å². The number of hydrogen-bond acceptors (Lipinski definition) is 4. The van der Waals surface area contributed by atoms with Crippen LogP contribution in [-0.2, 0) is 0 Å². The quantitative estimate of drug-likeness (QED) is 0.887. The molecule has 0 radical (unpaired) electrons. The molecule has 1 aromatic heterocycles. The maximum Gasteiger partial charge on any atom is 0.317 e. The third-order valence-corrected chi connectivity index (χ3v) is 5.36. The van der Waals surface area contributed by atoms with Gasteiger partial charge in [-0.05, 0) is 38.5 Å². The Hall–Kier alpha value is -2.18. The minimum absolute atomic E-state index is 0.00403. The average Bonchev–Trinajstić information content (AvgIpc) is 2.94. The molecule has 24 heavy (non-hydrogen) atoms. The lowest BCUT2D eigenvalue weighted by molar-refractivity contribution is 0.0659. The van der Waals surface area contributed by atoms with E-state index in [1.54, 1.807) is 19.0 Å². The lowest BCUT2D eigenvalue weighted by Crippen LogP contribution is -2.54. The first-order chi connectivity index (χ1) is 11.3. The molecule has 3 amide bonds. The van der Waals surface area contributed by atoms with Crippen molar-refractivity contribution in [1.29, 1.82) is 0 Å². The van der Waals surface area contributed by atoms with E-state index in [0.29, 0.717) is 5.69 Å². The summed E-state index contributed by atoms with van der Waals surface area (Å²) in [5, 5.41) is 3.02. The first-order valence-electron chi connectivity index (χ1n) is 8.37. The fourth-order valence-electron chi connectivity index (χ4n) is 3.74. The first kappa shape index (κ1) is 16.7. The second kappa shape index (κ2) is 6.03. The molecule has 0 bridgehead atoms. The lowest BCUT2D eigenvalue weighted by Gasteiger charge is -2.45. The normalized spacial score (nSPS) is 25.5. The molecule has 2 fully saturated rings. The molecule has 1 N–H and O–H groups in total. The highest BCUT2D eigenvalue weighted by atomic mass is 16.2. The number of aromatic nitrogens is 2. The van der Waals surface area contributed by atoms with Crippen LogP contribution in [0.1, 0.15) is 41.0 Å². The van der Waals surface area contributed by atoms with Gasteiger partial charge in [0.2, 0.25) is 0 Å². The summed E-state index contributed by atoms with van der Waals surface area (Å²) in [6, 6.07) is 0.172. The number of carbonyl (C=O) groups is 2. The van der Waals surface area contributed by atoms with Gasteiger partial charge in [-0.1, -0.05) is 0 Å². The predicted molar refractivity (Wildman–Crippen MR) is 89.7 cm³/mol. The second-order valence-electron chi connectivity index (χ2n) is 7.36. The third kappa shape index (κ3) is 2.95. The van der Waals surface area contributed by atoms with Crippen molar-refractivity contribution in [1.82, 2.24) is 25.1 Å². The van der Waals surface area contributed by atoms with Crippen LogP contribution in [0.5, 0.6) is 0 Å². The van der Waals surface area contributed by atoms with Crippen LogP contribution in [0.15, 0.2) is 6.33 Å². The number of nitrogens with one attached hydrogen (secondary N) is 1. The molecule has 7 heteroatoms. The molecule has 1 aliphatic carbocycles. The van der Waals surface area contributed by atoms with Crippen LogP contribution in [0.25, 0.3) is 0 Å². The third-order valence-electron chi connectivity index (χ3n) is 5.36. The molecule has 2 aliphatic rings. The number of likely N-dealkylation sites (tertiary alicyclic amines) is 1. The smallest absolute Gasteiger partial charge is 0.317 e. The van der Waals surface area contributed by atoms with Crippen molar-refractivity contribution in [3.05, 3.63) is 23.3 Å². The molecule has 1 aromatic rings. The minimum Gasteiger partial charge on any atom is -0.337 e. The van der Waals surface area contributed by atoms with E-state index in [1.807, 2.05) is 18.7 Å². The van der Waals surface area contributed by atoms with Gasteiger partial charge in [0.25, 0.3) is 5.91 Å². The zero-order valence-electron chi connectivity index (χ0n) is 14.8. The molecule has 7 nitrogen and oxygen atoms in total. The van der Waals surface area contributed by atoms with Crippen LogP contribution in [-0.4, -0.2) is 64.9 Å². The van der Waals surface area contributed by atoms with Gasteiger partial charge in [0.1, 0.15) is 12.0 Å². The Morgan fingerprint density at radius 3 is 2.67 bits per heavy atom. The van der Waals surface area contributed by atoms with Gasteiger partial charge in [0.05, 0.1) is 0 Å². The summed E-state index contributed by atoms with van der Waals surface area (Å²) in [7, 11) is 3.48. The summed E-state index contributed by atoms with van der Waals surface area (Å²) in [6.45, 7) is 5.30. The number of aryl methyl sites for hydroxylation is 1. The molecule has 2 heterocycles. The minimum atomic E-state index is -0.0483. The van der Waals surface area contributed by atoms with E-state index in [0.717, 1.165) is 43.6 Å².